The van der Waals surface area contributed by atoms with Crippen LogP contribution >= 0.6 is 0 Å². The molecular weight excluding hydrogens is 252 g/mol. The zero-order chi connectivity index (χ0) is 15.4. The summed E-state index contributed by atoms with van der Waals surface area (Å²) >= 11 is 0. The number of carbonyl (C=O) groups is 1. The Labute approximate surface area is 120 Å². The zero-order valence-corrected chi connectivity index (χ0v) is 12.6. The molecule has 0 aromatic carbocycles. The van der Waals surface area contributed by atoms with E-state index in [4.69, 9.17) is 0 Å². The molecule has 1 amide bonds. The van der Waals surface area contributed by atoms with Gasteiger partial charge in [0, 0.05) is 18.2 Å². The minimum atomic E-state index is -1.32. The first-order valence-electron chi connectivity index (χ1n) is 6.94. The van der Waals surface area contributed by atoms with Gasteiger partial charge in [0.1, 0.15) is 5.60 Å². The molecule has 108 valence electrons. The fourth-order valence-electron chi connectivity index (χ4n) is 2.17. The second-order valence-corrected chi connectivity index (χ2v) is 5.59. The predicted molar refractivity (Wildman–Crippen MR) is 77.3 cm³/mol. The van der Waals surface area contributed by atoms with Gasteiger partial charge >= 0.3 is 0 Å². The molecule has 1 fully saturated rings. The molecule has 0 aromatic rings. The van der Waals surface area contributed by atoms with Crippen LogP contribution in [0.15, 0.2) is 11.6 Å². The van der Waals surface area contributed by atoms with Crippen LogP contribution in [-0.4, -0.2) is 23.2 Å². The van der Waals surface area contributed by atoms with Gasteiger partial charge in [0.15, 0.2) is 0 Å². The maximum absolute atomic E-state index is 11.4. The van der Waals surface area contributed by atoms with Crippen LogP contribution in [0.1, 0.15) is 40.5 Å². The molecule has 1 atom stereocenters. The van der Waals surface area contributed by atoms with E-state index in [2.05, 4.69) is 23.2 Å². The van der Waals surface area contributed by atoms with Gasteiger partial charge in [0.05, 0.1) is 11.5 Å². The first-order valence-corrected chi connectivity index (χ1v) is 6.94. The van der Waals surface area contributed by atoms with Gasteiger partial charge in [-0.25, -0.2) is 0 Å². The number of allylic oxidation sites excluding steroid dienone is 1. The quantitative estimate of drug-likeness (QED) is 0.606. The molecule has 0 spiro atoms. The van der Waals surface area contributed by atoms with Crippen molar-refractivity contribution in [1.29, 1.82) is 5.26 Å². The van der Waals surface area contributed by atoms with Crippen molar-refractivity contribution in [1.82, 2.24) is 5.32 Å². The van der Waals surface area contributed by atoms with Crippen LogP contribution in [0.5, 0.6) is 0 Å². The first-order chi connectivity index (χ1) is 9.31. The summed E-state index contributed by atoms with van der Waals surface area (Å²) in [7, 11) is 0. The average molecular weight is 274 g/mol. The van der Waals surface area contributed by atoms with Gasteiger partial charge < -0.3 is 10.4 Å². The Bertz CT molecular complexity index is 513. The molecule has 0 bridgehead atoms. The number of hydrogen-bond donors (Lipinski definition) is 2. The molecule has 0 aliphatic heterocycles. The average Bonchev–Trinajstić information content (AvgIpc) is 3.17. The Hall–Kier alpha value is -1.78. The summed E-state index contributed by atoms with van der Waals surface area (Å²) in [5.74, 6) is 5.31. The Morgan fingerprint density at radius 1 is 1.55 bits per heavy atom. The van der Waals surface area contributed by atoms with Crippen molar-refractivity contribution in [2.24, 2.45) is 11.3 Å². The molecule has 2 N–H and O–H groups in total. The summed E-state index contributed by atoms with van der Waals surface area (Å²) in [5, 5.41) is 22.7. The molecule has 0 unspecified atom stereocenters. The van der Waals surface area contributed by atoms with Crippen LogP contribution in [0.4, 0.5) is 0 Å². The van der Waals surface area contributed by atoms with E-state index in [9.17, 15) is 15.2 Å². The lowest BCUT2D eigenvalue weighted by atomic mass is 9.77. The number of likely N-dealkylation sites (N-methyl/N-ethyl adjacent to an activating group) is 1. The number of rotatable bonds is 4. The number of aliphatic hydroxyl groups is 1. The largest absolute Gasteiger partial charge is 0.376 e. The predicted octanol–water partition coefficient (Wildman–Crippen LogP) is 1.76. The molecule has 0 aromatic heterocycles. The van der Waals surface area contributed by atoms with Crippen molar-refractivity contribution in [3.05, 3.63) is 11.6 Å². The fraction of sp³-hybridized carbons (Fsp3) is 0.625. The van der Waals surface area contributed by atoms with Gasteiger partial charge in [-0.3, -0.25) is 4.79 Å². The standard InChI is InChI=1S/C16H22N2O2/c1-5-18-14(19)10-13(4)6-7-16(20,12(2)3)15(11-17)8-9-15/h10,12,20H,5,8-9H2,1-4H3,(H,18,19)/b13-10-/t16-/m0/s1. The van der Waals surface area contributed by atoms with E-state index in [-0.39, 0.29) is 11.8 Å². The lowest BCUT2D eigenvalue weighted by molar-refractivity contribution is -0.116. The number of nitriles is 1. The Morgan fingerprint density at radius 3 is 2.55 bits per heavy atom. The highest BCUT2D eigenvalue weighted by molar-refractivity contribution is 5.88. The highest BCUT2D eigenvalue weighted by Crippen LogP contribution is 2.56. The van der Waals surface area contributed by atoms with E-state index in [1.54, 1.807) is 6.92 Å². The van der Waals surface area contributed by atoms with E-state index < -0.39 is 11.0 Å². The van der Waals surface area contributed by atoms with E-state index in [1.165, 1.54) is 6.08 Å². The van der Waals surface area contributed by atoms with Crippen molar-refractivity contribution >= 4 is 5.91 Å². The lowest BCUT2D eigenvalue weighted by Crippen LogP contribution is -2.42. The Kier molecular flexibility index (Phi) is 4.98. The van der Waals surface area contributed by atoms with Crippen molar-refractivity contribution in [3.63, 3.8) is 0 Å². The molecule has 0 radical (unpaired) electrons. The summed E-state index contributed by atoms with van der Waals surface area (Å²) in [4.78, 5) is 11.4. The second kappa shape index (κ2) is 6.11. The highest BCUT2D eigenvalue weighted by atomic mass is 16.3. The van der Waals surface area contributed by atoms with Crippen molar-refractivity contribution in [2.75, 3.05) is 6.54 Å². The Morgan fingerprint density at radius 2 is 2.15 bits per heavy atom. The monoisotopic (exact) mass is 274 g/mol. The summed E-state index contributed by atoms with van der Waals surface area (Å²) < 4.78 is 0. The SMILES string of the molecule is CCNC(=O)/C=C(/C)C#C[C@](O)(C(C)C)C1(C#N)CC1. The summed E-state index contributed by atoms with van der Waals surface area (Å²) in [6, 6.07) is 2.21. The van der Waals surface area contributed by atoms with Crippen molar-refractivity contribution in [3.8, 4) is 17.9 Å². The van der Waals surface area contributed by atoms with E-state index in [0.717, 1.165) is 0 Å². The number of amides is 1. The van der Waals surface area contributed by atoms with Crippen LogP contribution in [0.2, 0.25) is 0 Å². The molecular formula is C16H22N2O2. The van der Waals surface area contributed by atoms with Crippen molar-refractivity contribution in [2.45, 2.75) is 46.1 Å². The molecule has 1 saturated carbocycles. The third-order valence-electron chi connectivity index (χ3n) is 3.68. The molecule has 1 rings (SSSR count). The number of nitrogens with one attached hydrogen (secondary N) is 1. The molecule has 1 aliphatic carbocycles. The fourth-order valence-corrected chi connectivity index (χ4v) is 2.17. The minimum Gasteiger partial charge on any atom is -0.376 e. The van der Waals surface area contributed by atoms with Crippen LogP contribution in [-0.2, 0) is 4.79 Å². The van der Waals surface area contributed by atoms with Gasteiger partial charge in [0.25, 0.3) is 0 Å². The highest BCUT2D eigenvalue weighted by Gasteiger charge is 2.60. The van der Waals surface area contributed by atoms with Crippen LogP contribution in [0, 0.1) is 34.5 Å². The zero-order valence-electron chi connectivity index (χ0n) is 12.6. The van der Waals surface area contributed by atoms with Crippen LogP contribution < -0.4 is 5.32 Å². The maximum atomic E-state index is 11.4. The normalized spacial score (nSPS) is 19.4. The third kappa shape index (κ3) is 3.21. The van der Waals surface area contributed by atoms with E-state index in [0.29, 0.717) is 25.0 Å². The molecule has 20 heavy (non-hydrogen) atoms. The Balaban J connectivity index is 2.97. The summed E-state index contributed by atoms with van der Waals surface area (Å²) in [6.45, 7) is 7.83. The van der Waals surface area contributed by atoms with E-state index >= 15 is 0 Å². The van der Waals surface area contributed by atoms with Gasteiger partial charge in [0.2, 0.25) is 5.91 Å². The smallest absolute Gasteiger partial charge is 0.244 e. The summed E-state index contributed by atoms with van der Waals surface area (Å²) in [6.07, 6.45) is 2.75. The molecule has 0 saturated heterocycles. The molecule has 4 nitrogen and oxygen atoms in total. The molecule has 4 heteroatoms. The first kappa shape index (κ1) is 16.3. The van der Waals surface area contributed by atoms with Gasteiger partial charge in [-0.1, -0.05) is 25.7 Å². The number of hydrogen-bond acceptors (Lipinski definition) is 3. The van der Waals surface area contributed by atoms with Gasteiger partial charge in [-0.2, -0.15) is 5.26 Å². The van der Waals surface area contributed by atoms with Crippen LogP contribution in [0.3, 0.4) is 0 Å². The van der Waals surface area contributed by atoms with Gasteiger partial charge in [-0.15, -0.1) is 0 Å². The molecule has 0 heterocycles. The van der Waals surface area contributed by atoms with Crippen molar-refractivity contribution < 1.29 is 9.90 Å². The van der Waals surface area contributed by atoms with E-state index in [1.807, 2.05) is 20.8 Å². The minimum absolute atomic E-state index is 0.144. The summed E-state index contributed by atoms with van der Waals surface area (Å²) in [5.41, 5.74) is -1.50. The number of nitrogens with zero attached hydrogens (tertiary/aromatic N) is 1. The van der Waals surface area contributed by atoms with Crippen LogP contribution in [0.25, 0.3) is 0 Å². The second-order valence-electron chi connectivity index (χ2n) is 5.59. The van der Waals surface area contributed by atoms with Gasteiger partial charge in [-0.05, 0) is 32.6 Å². The lowest BCUT2D eigenvalue weighted by Gasteiger charge is -2.31. The maximum Gasteiger partial charge on any atom is 0.244 e. The topological polar surface area (TPSA) is 73.1 Å². The molecule has 1 aliphatic rings. The third-order valence-corrected chi connectivity index (χ3v) is 3.68. The number of carbonyl (C=O) groups excluding carboxylic acids is 1.